The van der Waals surface area contributed by atoms with Crippen molar-refractivity contribution in [3.8, 4) is 0 Å². The molecule has 1 heterocycles. The van der Waals surface area contributed by atoms with Crippen LogP contribution in [0.4, 0.5) is 19.1 Å². The molecule has 0 saturated heterocycles. The predicted octanol–water partition coefficient (Wildman–Crippen LogP) is 1.47. The van der Waals surface area contributed by atoms with Crippen LogP contribution in [-0.2, 0) is 6.18 Å². The highest BCUT2D eigenvalue weighted by atomic mass is 19.4. The molecule has 0 aliphatic carbocycles. The normalized spacial score (nSPS) is 11.3. The monoisotopic (exact) mass is 257 g/mol. The van der Waals surface area contributed by atoms with Gasteiger partial charge in [-0.25, -0.2) is 0 Å². The molecule has 0 saturated carbocycles. The Kier molecular flexibility index (Phi) is 2.96. The van der Waals surface area contributed by atoms with Gasteiger partial charge in [0.15, 0.2) is 0 Å². The third kappa shape index (κ3) is 2.44. The molecule has 6 nitrogen and oxygen atoms in total. The van der Waals surface area contributed by atoms with Gasteiger partial charge in [-0.2, -0.15) is 18.4 Å². The van der Waals surface area contributed by atoms with E-state index in [4.69, 9.17) is 0 Å². The summed E-state index contributed by atoms with van der Waals surface area (Å²) >= 11 is 0. The number of amides is 1. The Morgan fingerprint density at radius 2 is 2.00 bits per heavy atom. The maximum Gasteiger partial charge on any atom is 0.417 e. The maximum absolute atomic E-state index is 12.7. The Labute approximate surface area is 98.2 Å². The maximum atomic E-state index is 12.7. The number of benzene rings is 1. The van der Waals surface area contributed by atoms with Crippen LogP contribution in [0.5, 0.6) is 0 Å². The highest BCUT2D eigenvalue weighted by molar-refractivity contribution is 6.04. The third-order valence-electron chi connectivity index (χ3n) is 2.05. The van der Waals surface area contributed by atoms with E-state index < -0.39 is 23.2 Å². The van der Waals surface area contributed by atoms with Gasteiger partial charge in [-0.15, -0.1) is 5.10 Å². The zero-order valence-electron chi connectivity index (χ0n) is 8.69. The van der Waals surface area contributed by atoms with Gasteiger partial charge in [0.2, 0.25) is 0 Å². The van der Waals surface area contributed by atoms with Crippen LogP contribution < -0.4 is 5.32 Å². The van der Waals surface area contributed by atoms with Gasteiger partial charge in [0.05, 0.1) is 11.1 Å². The Morgan fingerprint density at radius 3 is 2.61 bits per heavy atom. The van der Waals surface area contributed by atoms with Crippen LogP contribution in [0, 0.1) is 0 Å². The SMILES string of the molecule is O=C(Nc1nn[nH]n1)c1ccccc1C(F)(F)F. The smallest absolute Gasteiger partial charge is 0.288 e. The van der Waals surface area contributed by atoms with E-state index in [0.717, 1.165) is 12.1 Å². The quantitative estimate of drug-likeness (QED) is 0.853. The number of alkyl halides is 3. The van der Waals surface area contributed by atoms with Crippen LogP contribution in [-0.4, -0.2) is 26.5 Å². The number of hydrogen-bond donors (Lipinski definition) is 2. The summed E-state index contributed by atoms with van der Waals surface area (Å²) in [5.41, 5.74) is -1.53. The molecule has 0 atom stereocenters. The van der Waals surface area contributed by atoms with Crippen LogP contribution in [0.25, 0.3) is 0 Å². The number of halogens is 3. The minimum absolute atomic E-state index is 0.197. The van der Waals surface area contributed by atoms with E-state index >= 15 is 0 Å². The fourth-order valence-electron chi connectivity index (χ4n) is 1.31. The number of carbonyl (C=O) groups is 1. The molecule has 18 heavy (non-hydrogen) atoms. The Bertz CT molecular complexity index is 552. The number of aromatic amines is 1. The lowest BCUT2D eigenvalue weighted by Gasteiger charge is -2.11. The molecule has 1 amide bonds. The molecule has 0 aliphatic rings. The van der Waals surface area contributed by atoms with Gasteiger partial charge < -0.3 is 0 Å². The van der Waals surface area contributed by atoms with Crippen molar-refractivity contribution in [2.45, 2.75) is 6.18 Å². The number of tetrazole rings is 1. The van der Waals surface area contributed by atoms with Gasteiger partial charge in [0.1, 0.15) is 0 Å². The zero-order valence-corrected chi connectivity index (χ0v) is 8.69. The van der Waals surface area contributed by atoms with Crippen LogP contribution in [0.1, 0.15) is 15.9 Å². The average Bonchev–Trinajstić information content (AvgIpc) is 2.80. The fraction of sp³-hybridized carbons (Fsp3) is 0.111. The van der Waals surface area contributed by atoms with Gasteiger partial charge in [-0.1, -0.05) is 17.2 Å². The van der Waals surface area contributed by atoms with Crippen LogP contribution in [0.2, 0.25) is 0 Å². The number of nitrogens with one attached hydrogen (secondary N) is 2. The van der Waals surface area contributed by atoms with Crippen molar-refractivity contribution in [2.24, 2.45) is 0 Å². The molecule has 0 aliphatic heterocycles. The first-order valence-electron chi connectivity index (χ1n) is 4.69. The molecule has 94 valence electrons. The summed E-state index contributed by atoms with van der Waals surface area (Å²) in [7, 11) is 0. The predicted molar refractivity (Wildman–Crippen MR) is 53.6 cm³/mol. The Balaban J connectivity index is 2.31. The van der Waals surface area contributed by atoms with Gasteiger partial charge in [0.25, 0.3) is 11.9 Å². The standard InChI is InChI=1S/C9H6F3N5O/c10-9(11,12)6-4-2-1-3-5(6)7(18)13-8-14-16-17-15-8/h1-4H,(H2,13,14,15,16,17,18). The van der Waals surface area contributed by atoms with E-state index in [1.165, 1.54) is 12.1 Å². The van der Waals surface area contributed by atoms with Crippen molar-refractivity contribution >= 4 is 11.9 Å². The van der Waals surface area contributed by atoms with Crippen molar-refractivity contribution in [2.75, 3.05) is 5.32 Å². The number of hydrogen-bond acceptors (Lipinski definition) is 4. The number of rotatable bonds is 2. The first kappa shape index (κ1) is 12.0. The van der Waals surface area contributed by atoms with E-state index in [1.54, 1.807) is 0 Å². The van der Waals surface area contributed by atoms with E-state index in [0.29, 0.717) is 0 Å². The average molecular weight is 257 g/mol. The summed E-state index contributed by atoms with van der Waals surface area (Å²) in [5, 5.41) is 14.2. The molecule has 1 aromatic heterocycles. The van der Waals surface area contributed by atoms with Gasteiger partial charge in [-0.3, -0.25) is 10.1 Å². The second kappa shape index (κ2) is 4.43. The first-order valence-corrected chi connectivity index (χ1v) is 4.69. The molecule has 9 heteroatoms. The summed E-state index contributed by atoms with van der Waals surface area (Å²) < 4.78 is 38.0. The van der Waals surface area contributed by atoms with Crippen LogP contribution in [0.15, 0.2) is 24.3 Å². The second-order valence-corrected chi connectivity index (χ2v) is 3.23. The minimum atomic E-state index is -4.61. The zero-order chi connectivity index (χ0) is 13.2. The number of carbonyl (C=O) groups excluding carboxylic acids is 1. The summed E-state index contributed by atoms with van der Waals surface area (Å²) in [6.07, 6.45) is -4.61. The molecule has 2 aromatic rings. The van der Waals surface area contributed by atoms with E-state index in [9.17, 15) is 18.0 Å². The summed E-state index contributed by atoms with van der Waals surface area (Å²) in [6, 6.07) is 4.43. The number of anilines is 1. The van der Waals surface area contributed by atoms with E-state index in [2.05, 4.69) is 25.9 Å². The molecular formula is C9H6F3N5O. The summed E-state index contributed by atoms with van der Waals surface area (Å²) in [5.74, 6) is -1.15. The van der Waals surface area contributed by atoms with Gasteiger partial charge in [0, 0.05) is 0 Å². The molecule has 2 N–H and O–H groups in total. The van der Waals surface area contributed by atoms with Crippen LogP contribution in [0.3, 0.4) is 0 Å². The largest absolute Gasteiger partial charge is 0.417 e. The Morgan fingerprint density at radius 1 is 1.28 bits per heavy atom. The minimum Gasteiger partial charge on any atom is -0.288 e. The first-order chi connectivity index (χ1) is 8.48. The molecule has 1 aromatic carbocycles. The molecule has 0 fully saturated rings. The lowest BCUT2D eigenvalue weighted by molar-refractivity contribution is -0.137. The van der Waals surface area contributed by atoms with Crippen molar-refractivity contribution in [1.82, 2.24) is 20.6 Å². The lowest BCUT2D eigenvalue weighted by Crippen LogP contribution is -2.19. The van der Waals surface area contributed by atoms with Crippen LogP contribution >= 0.6 is 0 Å². The summed E-state index contributed by atoms with van der Waals surface area (Å²) in [6.45, 7) is 0. The van der Waals surface area contributed by atoms with Gasteiger partial charge >= 0.3 is 6.18 Å². The highest BCUT2D eigenvalue weighted by Crippen LogP contribution is 2.31. The van der Waals surface area contributed by atoms with Crippen molar-refractivity contribution in [1.29, 1.82) is 0 Å². The molecule has 2 rings (SSSR count). The molecule has 0 radical (unpaired) electrons. The lowest BCUT2D eigenvalue weighted by atomic mass is 10.1. The fourth-order valence-corrected chi connectivity index (χ4v) is 1.31. The van der Waals surface area contributed by atoms with E-state index in [1.807, 2.05) is 0 Å². The van der Waals surface area contributed by atoms with E-state index in [-0.39, 0.29) is 5.95 Å². The van der Waals surface area contributed by atoms with Crippen molar-refractivity contribution in [3.63, 3.8) is 0 Å². The second-order valence-electron chi connectivity index (χ2n) is 3.23. The van der Waals surface area contributed by atoms with Gasteiger partial charge in [-0.05, 0) is 17.3 Å². The van der Waals surface area contributed by atoms with Crippen molar-refractivity contribution in [3.05, 3.63) is 35.4 Å². The number of H-pyrrole nitrogens is 1. The highest BCUT2D eigenvalue weighted by Gasteiger charge is 2.34. The summed E-state index contributed by atoms with van der Waals surface area (Å²) in [4.78, 5) is 11.6. The van der Waals surface area contributed by atoms with Crippen molar-refractivity contribution < 1.29 is 18.0 Å². The molecule has 0 bridgehead atoms. The molecule has 0 unspecified atom stereocenters. The topological polar surface area (TPSA) is 83.6 Å². The number of aromatic nitrogens is 4. The molecule has 0 spiro atoms. The third-order valence-corrected chi connectivity index (χ3v) is 2.05. The Hall–Kier alpha value is -2.45. The molecular weight excluding hydrogens is 251 g/mol. The number of nitrogens with zero attached hydrogens (tertiary/aromatic N) is 3.